The molecule has 0 aliphatic heterocycles. The predicted octanol–water partition coefficient (Wildman–Crippen LogP) is 2.57. The van der Waals surface area contributed by atoms with Crippen molar-refractivity contribution >= 4 is 40.9 Å². The van der Waals surface area contributed by atoms with E-state index in [-0.39, 0.29) is 23.0 Å². The maximum atomic E-state index is 11.7. The number of carbonyl (C=O) groups excluding carboxylic acids is 1. The second-order valence-corrected chi connectivity index (χ2v) is 6.58. The van der Waals surface area contributed by atoms with Gasteiger partial charge in [-0.25, -0.2) is 0 Å². The Balaban J connectivity index is 2.62. The molecule has 0 saturated carbocycles. The first kappa shape index (κ1) is 18.2. The number of nitrogens with one attached hydrogen (secondary N) is 1. The van der Waals surface area contributed by atoms with Crippen molar-refractivity contribution in [2.24, 2.45) is 5.41 Å². The molecule has 0 bridgehead atoms. The Bertz CT molecular complexity index is 606. The Hall–Kier alpha value is -1.80. The lowest BCUT2D eigenvalue weighted by molar-refractivity contribution is -0.387. The smallest absolute Gasteiger partial charge is 0.310 e. The number of hydrogen-bond donors (Lipinski definition) is 2. The van der Waals surface area contributed by atoms with E-state index in [2.05, 4.69) is 5.32 Å². The lowest BCUT2D eigenvalue weighted by atomic mass is 9.94. The number of nitro benzene ring substituents is 1. The molecule has 1 aromatic carbocycles. The summed E-state index contributed by atoms with van der Waals surface area (Å²) in [4.78, 5) is 33.3. The number of halogens is 1. The van der Waals surface area contributed by atoms with Crippen LogP contribution in [0.5, 0.6) is 0 Å². The van der Waals surface area contributed by atoms with E-state index in [1.54, 1.807) is 0 Å². The van der Waals surface area contributed by atoms with Crippen molar-refractivity contribution in [3.05, 3.63) is 33.3 Å². The number of nitrogens with zero attached hydrogens (tertiary/aromatic N) is 1. The van der Waals surface area contributed by atoms with Gasteiger partial charge in [-0.15, -0.1) is 11.8 Å². The second-order valence-electron chi connectivity index (χ2n) is 5.12. The van der Waals surface area contributed by atoms with Gasteiger partial charge in [-0.1, -0.05) is 11.6 Å². The number of amides is 1. The van der Waals surface area contributed by atoms with Crippen molar-refractivity contribution in [2.45, 2.75) is 18.7 Å². The lowest BCUT2D eigenvalue weighted by Crippen LogP contribution is -2.39. The van der Waals surface area contributed by atoms with Crippen molar-refractivity contribution in [1.82, 2.24) is 5.32 Å². The fourth-order valence-electron chi connectivity index (χ4n) is 1.34. The van der Waals surface area contributed by atoms with Crippen molar-refractivity contribution in [1.29, 1.82) is 0 Å². The summed E-state index contributed by atoms with van der Waals surface area (Å²) in [6.45, 7) is 2.96. The Morgan fingerprint density at radius 2 is 2.09 bits per heavy atom. The van der Waals surface area contributed by atoms with E-state index in [9.17, 15) is 19.7 Å². The Morgan fingerprint density at radius 3 is 2.64 bits per heavy atom. The van der Waals surface area contributed by atoms with Crippen LogP contribution in [-0.4, -0.2) is 34.2 Å². The minimum Gasteiger partial charge on any atom is -0.481 e. The lowest BCUT2D eigenvalue weighted by Gasteiger charge is -2.19. The van der Waals surface area contributed by atoms with Crippen LogP contribution in [0.4, 0.5) is 5.69 Å². The van der Waals surface area contributed by atoms with Crippen LogP contribution in [-0.2, 0) is 9.59 Å². The van der Waals surface area contributed by atoms with E-state index < -0.39 is 22.2 Å². The van der Waals surface area contributed by atoms with Crippen molar-refractivity contribution < 1.29 is 19.6 Å². The summed E-state index contributed by atoms with van der Waals surface area (Å²) in [6.07, 6.45) is 0. The molecule has 22 heavy (non-hydrogen) atoms. The van der Waals surface area contributed by atoms with Crippen LogP contribution < -0.4 is 5.32 Å². The molecule has 0 atom stereocenters. The number of carboxylic acids is 1. The number of carboxylic acid groups (broad SMARTS) is 1. The Morgan fingerprint density at radius 1 is 1.45 bits per heavy atom. The molecule has 1 aromatic rings. The first-order chi connectivity index (χ1) is 10.1. The highest BCUT2D eigenvalue weighted by Gasteiger charge is 2.27. The molecule has 0 aliphatic rings. The second kappa shape index (κ2) is 7.46. The highest BCUT2D eigenvalue weighted by Crippen LogP contribution is 2.31. The third kappa shape index (κ3) is 5.19. The standard InChI is InChI=1S/C13H15ClN2O5S/c1-13(2,12(18)19)7-15-11(17)6-22-10-4-3-8(14)5-9(10)16(20)21/h3-5H,6-7H2,1-2H3,(H,15,17)(H,18,19). The van der Waals surface area contributed by atoms with Crippen LogP contribution in [0.15, 0.2) is 23.1 Å². The summed E-state index contributed by atoms with van der Waals surface area (Å²) in [5.74, 6) is -1.48. The number of benzene rings is 1. The molecular formula is C13H15ClN2O5S. The fraction of sp³-hybridized carbons (Fsp3) is 0.385. The van der Waals surface area contributed by atoms with E-state index >= 15 is 0 Å². The van der Waals surface area contributed by atoms with Gasteiger partial charge in [0.25, 0.3) is 5.69 Å². The van der Waals surface area contributed by atoms with Gasteiger partial charge >= 0.3 is 5.97 Å². The molecule has 9 heteroatoms. The molecule has 0 fully saturated rings. The van der Waals surface area contributed by atoms with Crippen molar-refractivity contribution in [2.75, 3.05) is 12.3 Å². The minimum absolute atomic E-state index is 0.0234. The van der Waals surface area contributed by atoms with Gasteiger partial charge in [0.05, 0.1) is 21.0 Å². The van der Waals surface area contributed by atoms with Gasteiger partial charge in [0, 0.05) is 17.6 Å². The average Bonchev–Trinajstić information content (AvgIpc) is 2.43. The molecule has 2 N–H and O–H groups in total. The zero-order chi connectivity index (χ0) is 16.9. The molecule has 0 unspecified atom stereocenters. The number of thioether (sulfide) groups is 1. The number of nitro groups is 1. The molecular weight excluding hydrogens is 332 g/mol. The summed E-state index contributed by atoms with van der Waals surface area (Å²) < 4.78 is 0. The molecule has 1 rings (SSSR count). The van der Waals surface area contributed by atoms with E-state index in [1.165, 1.54) is 32.0 Å². The summed E-state index contributed by atoms with van der Waals surface area (Å²) in [5.41, 5.74) is -1.25. The molecule has 0 aromatic heterocycles. The topological polar surface area (TPSA) is 110 Å². The summed E-state index contributed by atoms with van der Waals surface area (Å²) in [7, 11) is 0. The first-order valence-electron chi connectivity index (χ1n) is 6.20. The van der Waals surface area contributed by atoms with Gasteiger partial charge in [-0.3, -0.25) is 19.7 Å². The van der Waals surface area contributed by atoms with Gasteiger partial charge < -0.3 is 10.4 Å². The molecule has 0 heterocycles. The van der Waals surface area contributed by atoms with Crippen LogP contribution in [0.3, 0.4) is 0 Å². The summed E-state index contributed by atoms with van der Waals surface area (Å²) in [5, 5.41) is 22.6. The van der Waals surface area contributed by atoms with Gasteiger partial charge in [-0.2, -0.15) is 0 Å². The maximum Gasteiger partial charge on any atom is 0.310 e. The normalized spacial score (nSPS) is 11.0. The van der Waals surface area contributed by atoms with E-state index in [0.29, 0.717) is 4.90 Å². The van der Waals surface area contributed by atoms with Gasteiger partial charge in [-0.05, 0) is 26.0 Å². The third-order valence-electron chi connectivity index (χ3n) is 2.78. The Labute approximate surface area is 136 Å². The number of hydrogen-bond acceptors (Lipinski definition) is 5. The van der Waals surface area contributed by atoms with E-state index in [0.717, 1.165) is 11.8 Å². The van der Waals surface area contributed by atoms with Crippen LogP contribution in [0, 0.1) is 15.5 Å². The minimum atomic E-state index is -1.08. The van der Waals surface area contributed by atoms with Crippen LogP contribution in [0.25, 0.3) is 0 Å². The van der Waals surface area contributed by atoms with Crippen LogP contribution in [0.2, 0.25) is 5.02 Å². The van der Waals surface area contributed by atoms with Crippen LogP contribution >= 0.6 is 23.4 Å². The third-order valence-corrected chi connectivity index (χ3v) is 4.08. The largest absolute Gasteiger partial charge is 0.481 e. The predicted molar refractivity (Wildman–Crippen MR) is 83.3 cm³/mol. The van der Waals surface area contributed by atoms with Crippen molar-refractivity contribution in [3.63, 3.8) is 0 Å². The zero-order valence-electron chi connectivity index (χ0n) is 12.0. The molecule has 0 saturated heterocycles. The quantitative estimate of drug-likeness (QED) is 0.446. The number of aliphatic carboxylic acids is 1. The molecule has 120 valence electrons. The Kier molecular flexibility index (Phi) is 6.19. The maximum absolute atomic E-state index is 11.7. The number of carbonyl (C=O) groups is 2. The van der Waals surface area contributed by atoms with E-state index in [1.807, 2.05) is 0 Å². The number of rotatable bonds is 7. The average molecular weight is 347 g/mol. The van der Waals surface area contributed by atoms with Crippen LogP contribution in [0.1, 0.15) is 13.8 Å². The van der Waals surface area contributed by atoms with Gasteiger partial charge in [0.1, 0.15) is 0 Å². The summed E-state index contributed by atoms with van der Waals surface area (Å²) >= 11 is 6.70. The molecule has 1 amide bonds. The van der Waals surface area contributed by atoms with Gasteiger partial charge in [0.2, 0.25) is 5.91 Å². The molecule has 0 radical (unpaired) electrons. The van der Waals surface area contributed by atoms with Crippen molar-refractivity contribution in [3.8, 4) is 0 Å². The monoisotopic (exact) mass is 346 g/mol. The summed E-state index contributed by atoms with van der Waals surface area (Å²) in [6, 6.07) is 4.19. The molecule has 0 aliphatic carbocycles. The van der Waals surface area contributed by atoms with E-state index in [4.69, 9.17) is 16.7 Å². The van der Waals surface area contributed by atoms with Gasteiger partial charge in [0.15, 0.2) is 0 Å². The highest BCUT2D eigenvalue weighted by atomic mass is 35.5. The zero-order valence-corrected chi connectivity index (χ0v) is 13.5. The molecule has 7 nitrogen and oxygen atoms in total. The molecule has 0 spiro atoms. The first-order valence-corrected chi connectivity index (χ1v) is 7.56. The fourth-order valence-corrected chi connectivity index (χ4v) is 2.35. The highest BCUT2D eigenvalue weighted by molar-refractivity contribution is 8.00. The SMILES string of the molecule is CC(C)(CNC(=O)CSc1ccc(Cl)cc1[N+](=O)[O-])C(=O)O.